The van der Waals surface area contributed by atoms with Crippen LogP contribution in [0.3, 0.4) is 0 Å². The van der Waals surface area contributed by atoms with E-state index in [1.807, 2.05) is 36.4 Å². The zero-order valence-corrected chi connectivity index (χ0v) is 15.0. The molecule has 28 heavy (non-hydrogen) atoms. The number of Topliss-reactive ketones (excluding diaryl/α,β-unsaturated/α-hetero) is 1. The molecule has 138 valence electrons. The van der Waals surface area contributed by atoms with Gasteiger partial charge < -0.3 is 9.47 Å². The molecule has 0 amide bonds. The van der Waals surface area contributed by atoms with Gasteiger partial charge in [0.05, 0.1) is 5.56 Å². The number of halogens is 1. The number of hydrogen-bond acceptors (Lipinski definition) is 3. The fourth-order valence-corrected chi connectivity index (χ4v) is 2.83. The molecule has 4 heteroatoms. The van der Waals surface area contributed by atoms with Crippen LogP contribution in [-0.4, -0.2) is 5.78 Å². The summed E-state index contributed by atoms with van der Waals surface area (Å²) in [5, 5.41) is 0. The summed E-state index contributed by atoms with van der Waals surface area (Å²) in [6.45, 7) is 0.301. The molecule has 4 rings (SSSR count). The summed E-state index contributed by atoms with van der Waals surface area (Å²) in [7, 11) is 0. The summed E-state index contributed by atoms with van der Waals surface area (Å²) in [6.07, 6.45) is 5.36. The Kier molecular flexibility index (Phi) is 5.02. The standard InChI is InChI=1S/C24H17FO3/c25-19-11-9-18(10-12-19)16-27-20-13-14-21-23(15-20)28-22(24(21)26)8-4-7-17-5-2-1-3-6-17/h1-15H,16H2. The van der Waals surface area contributed by atoms with Crippen LogP contribution in [-0.2, 0) is 6.61 Å². The third kappa shape index (κ3) is 4.01. The van der Waals surface area contributed by atoms with Crippen molar-refractivity contribution in [1.82, 2.24) is 0 Å². The zero-order chi connectivity index (χ0) is 19.3. The van der Waals surface area contributed by atoms with Gasteiger partial charge in [-0.1, -0.05) is 54.6 Å². The Bertz CT molecular complexity index is 1050. The van der Waals surface area contributed by atoms with Gasteiger partial charge in [0.2, 0.25) is 5.78 Å². The molecule has 0 bridgehead atoms. The summed E-state index contributed by atoms with van der Waals surface area (Å²) < 4.78 is 24.4. The lowest BCUT2D eigenvalue weighted by atomic mass is 10.1. The van der Waals surface area contributed by atoms with E-state index < -0.39 is 0 Å². The predicted molar refractivity (Wildman–Crippen MR) is 106 cm³/mol. The van der Waals surface area contributed by atoms with E-state index in [4.69, 9.17) is 9.47 Å². The number of hydrogen-bond donors (Lipinski definition) is 0. The molecule has 1 aliphatic heterocycles. The van der Waals surface area contributed by atoms with Gasteiger partial charge in [0.25, 0.3) is 0 Å². The lowest BCUT2D eigenvalue weighted by Gasteiger charge is -2.07. The van der Waals surface area contributed by atoms with Gasteiger partial charge in [0.1, 0.15) is 23.9 Å². The number of ketones is 1. The number of carbonyl (C=O) groups is 1. The van der Waals surface area contributed by atoms with E-state index in [9.17, 15) is 9.18 Å². The molecular weight excluding hydrogens is 355 g/mol. The molecule has 3 nitrogen and oxygen atoms in total. The van der Waals surface area contributed by atoms with Gasteiger partial charge >= 0.3 is 0 Å². The molecule has 0 fully saturated rings. The van der Waals surface area contributed by atoms with E-state index in [1.54, 1.807) is 42.5 Å². The molecule has 0 saturated carbocycles. The zero-order valence-electron chi connectivity index (χ0n) is 15.0. The van der Waals surface area contributed by atoms with Gasteiger partial charge in [-0.25, -0.2) is 4.39 Å². The molecule has 0 atom stereocenters. The fraction of sp³-hybridized carbons (Fsp3) is 0.0417. The van der Waals surface area contributed by atoms with Crippen LogP contribution in [0.25, 0.3) is 6.08 Å². The molecule has 0 unspecified atom stereocenters. The van der Waals surface area contributed by atoms with Crippen LogP contribution in [0.1, 0.15) is 21.5 Å². The maximum Gasteiger partial charge on any atom is 0.231 e. The summed E-state index contributed by atoms with van der Waals surface area (Å²) in [5.41, 5.74) is 2.40. The highest BCUT2D eigenvalue weighted by Crippen LogP contribution is 2.34. The minimum atomic E-state index is -0.283. The van der Waals surface area contributed by atoms with Crippen LogP contribution in [0.4, 0.5) is 4.39 Å². The van der Waals surface area contributed by atoms with E-state index in [2.05, 4.69) is 0 Å². The SMILES string of the molecule is O=C1C(=CC=Cc2ccccc2)Oc2cc(OCc3ccc(F)cc3)ccc21. The number of fused-ring (bicyclic) bond motifs is 1. The Morgan fingerprint density at radius 3 is 2.54 bits per heavy atom. The molecule has 1 heterocycles. The highest BCUT2D eigenvalue weighted by Gasteiger charge is 2.27. The molecular formula is C24H17FO3. The highest BCUT2D eigenvalue weighted by molar-refractivity contribution is 6.12. The minimum absolute atomic E-state index is 0.155. The average Bonchev–Trinajstić information content (AvgIpc) is 3.03. The number of ether oxygens (including phenoxy) is 2. The third-order valence-corrected chi connectivity index (χ3v) is 4.30. The monoisotopic (exact) mass is 372 g/mol. The van der Waals surface area contributed by atoms with Crippen LogP contribution in [0.15, 0.2) is 90.7 Å². The first-order chi connectivity index (χ1) is 13.7. The maximum absolute atomic E-state index is 13.0. The summed E-state index contributed by atoms with van der Waals surface area (Å²) in [6, 6.07) is 21.0. The first-order valence-corrected chi connectivity index (χ1v) is 8.86. The second-order valence-corrected chi connectivity index (χ2v) is 6.31. The van der Waals surface area contributed by atoms with Crippen molar-refractivity contribution < 1.29 is 18.7 Å². The van der Waals surface area contributed by atoms with Gasteiger partial charge in [-0.15, -0.1) is 0 Å². The van der Waals surface area contributed by atoms with Crippen molar-refractivity contribution in [3.05, 3.63) is 113 Å². The van der Waals surface area contributed by atoms with Crippen LogP contribution in [0.2, 0.25) is 0 Å². The summed E-state index contributed by atoms with van der Waals surface area (Å²) in [5.74, 6) is 0.891. The highest BCUT2D eigenvalue weighted by atomic mass is 19.1. The number of rotatable bonds is 5. The maximum atomic E-state index is 13.0. The van der Waals surface area contributed by atoms with Crippen molar-refractivity contribution in [2.45, 2.75) is 6.61 Å². The Morgan fingerprint density at radius 1 is 0.964 bits per heavy atom. The lowest BCUT2D eigenvalue weighted by Crippen LogP contribution is -1.97. The molecule has 0 saturated heterocycles. The van der Waals surface area contributed by atoms with E-state index in [0.717, 1.165) is 11.1 Å². The first kappa shape index (κ1) is 17.7. The van der Waals surface area contributed by atoms with Crippen LogP contribution >= 0.6 is 0 Å². The largest absolute Gasteiger partial charge is 0.489 e. The van der Waals surface area contributed by atoms with Gasteiger partial charge in [0, 0.05) is 6.07 Å². The lowest BCUT2D eigenvalue weighted by molar-refractivity contribution is 0.101. The summed E-state index contributed by atoms with van der Waals surface area (Å²) in [4.78, 5) is 12.5. The average molecular weight is 372 g/mol. The Balaban J connectivity index is 1.44. The molecule has 0 aliphatic carbocycles. The van der Waals surface area contributed by atoms with Crippen LogP contribution in [0, 0.1) is 5.82 Å². The number of allylic oxidation sites excluding steroid dienone is 3. The Morgan fingerprint density at radius 2 is 1.75 bits per heavy atom. The normalized spacial score (nSPS) is 14.3. The molecule has 0 radical (unpaired) electrons. The van der Waals surface area contributed by atoms with Crippen molar-refractivity contribution in [2.24, 2.45) is 0 Å². The second kappa shape index (κ2) is 7.92. The van der Waals surface area contributed by atoms with Gasteiger partial charge in [-0.3, -0.25) is 4.79 Å². The Hall–Kier alpha value is -3.66. The van der Waals surface area contributed by atoms with Crippen molar-refractivity contribution >= 4 is 11.9 Å². The molecule has 0 aromatic heterocycles. The van der Waals surface area contributed by atoms with Gasteiger partial charge in [-0.05, 0) is 41.5 Å². The van der Waals surface area contributed by atoms with Crippen molar-refractivity contribution in [2.75, 3.05) is 0 Å². The Labute approximate surface area is 162 Å². The molecule has 0 spiro atoms. The van der Waals surface area contributed by atoms with E-state index in [1.165, 1.54) is 12.1 Å². The third-order valence-electron chi connectivity index (χ3n) is 4.30. The van der Waals surface area contributed by atoms with E-state index in [-0.39, 0.29) is 17.4 Å². The molecule has 3 aromatic carbocycles. The van der Waals surface area contributed by atoms with Crippen molar-refractivity contribution in [3.63, 3.8) is 0 Å². The molecule has 3 aromatic rings. The van der Waals surface area contributed by atoms with E-state index in [0.29, 0.717) is 23.7 Å². The van der Waals surface area contributed by atoms with Crippen LogP contribution in [0.5, 0.6) is 11.5 Å². The quantitative estimate of drug-likeness (QED) is 0.549. The number of benzene rings is 3. The molecule has 1 aliphatic rings. The topological polar surface area (TPSA) is 35.5 Å². The van der Waals surface area contributed by atoms with Crippen molar-refractivity contribution in [3.8, 4) is 11.5 Å². The minimum Gasteiger partial charge on any atom is -0.489 e. The predicted octanol–water partition coefficient (Wildman–Crippen LogP) is 5.58. The number of carbonyl (C=O) groups excluding carboxylic acids is 1. The summed E-state index contributed by atoms with van der Waals surface area (Å²) >= 11 is 0. The fourth-order valence-electron chi connectivity index (χ4n) is 2.83. The van der Waals surface area contributed by atoms with Crippen molar-refractivity contribution in [1.29, 1.82) is 0 Å². The van der Waals surface area contributed by atoms with Crippen LogP contribution < -0.4 is 9.47 Å². The smallest absolute Gasteiger partial charge is 0.231 e. The molecule has 0 N–H and O–H groups in total. The first-order valence-electron chi connectivity index (χ1n) is 8.86. The second-order valence-electron chi connectivity index (χ2n) is 6.31. The van der Waals surface area contributed by atoms with Gasteiger partial charge in [0.15, 0.2) is 5.76 Å². The van der Waals surface area contributed by atoms with E-state index >= 15 is 0 Å². The van der Waals surface area contributed by atoms with Gasteiger partial charge in [-0.2, -0.15) is 0 Å².